The molecule has 1 amide bonds. The van der Waals surface area contributed by atoms with Crippen LogP contribution >= 0.6 is 34.7 Å². The Morgan fingerprint density at radius 1 is 1.39 bits per heavy atom. The van der Waals surface area contributed by atoms with Gasteiger partial charge in [0.25, 0.3) is 5.56 Å². The van der Waals surface area contributed by atoms with E-state index < -0.39 is 0 Å². The highest BCUT2D eigenvalue weighted by Gasteiger charge is 2.09. The maximum atomic E-state index is 12.2. The number of carbonyl (C=O) groups excluding carboxylic acids is 1. The van der Waals surface area contributed by atoms with Gasteiger partial charge >= 0.3 is 0 Å². The number of rotatable bonds is 8. The van der Waals surface area contributed by atoms with E-state index in [0.29, 0.717) is 45.4 Å². The summed E-state index contributed by atoms with van der Waals surface area (Å²) in [4.78, 5) is 29.2. The molecular weight excluding hydrogens is 418 g/mol. The number of nitrogens with zero attached hydrogens (tertiary/aromatic N) is 2. The predicted molar refractivity (Wildman–Crippen MR) is 116 cm³/mol. The molecule has 0 unspecified atom stereocenters. The second-order valence-corrected chi connectivity index (χ2v) is 8.80. The van der Waals surface area contributed by atoms with Gasteiger partial charge < -0.3 is 10.1 Å². The maximum absolute atomic E-state index is 12.2. The first-order valence-corrected chi connectivity index (χ1v) is 11.1. The van der Waals surface area contributed by atoms with E-state index in [1.165, 1.54) is 33.6 Å². The molecule has 3 rings (SSSR count). The molecule has 3 aromatic rings. The van der Waals surface area contributed by atoms with Crippen molar-refractivity contribution in [2.24, 2.45) is 5.92 Å². The van der Waals surface area contributed by atoms with E-state index in [1.807, 2.05) is 5.38 Å². The summed E-state index contributed by atoms with van der Waals surface area (Å²) in [6.07, 6.45) is 1.70. The Morgan fingerprint density at radius 3 is 2.96 bits per heavy atom. The van der Waals surface area contributed by atoms with Crippen LogP contribution in [0.3, 0.4) is 0 Å². The molecule has 0 saturated heterocycles. The Bertz CT molecular complexity index is 1030. The van der Waals surface area contributed by atoms with Crippen LogP contribution in [0.25, 0.3) is 4.96 Å². The van der Waals surface area contributed by atoms with Crippen LogP contribution in [0.1, 0.15) is 19.5 Å². The molecule has 0 saturated carbocycles. The minimum atomic E-state index is -0.147. The van der Waals surface area contributed by atoms with Gasteiger partial charge in [0.2, 0.25) is 5.91 Å². The third-order valence-corrected chi connectivity index (χ3v) is 5.65. The summed E-state index contributed by atoms with van der Waals surface area (Å²) < 4.78 is 7.13. The largest absolute Gasteiger partial charge is 0.492 e. The number of hydrogen-bond donors (Lipinski definition) is 1. The monoisotopic (exact) mass is 437 g/mol. The van der Waals surface area contributed by atoms with Crippen molar-refractivity contribution in [2.45, 2.75) is 19.6 Å². The summed E-state index contributed by atoms with van der Waals surface area (Å²) in [6, 6.07) is 6.69. The van der Waals surface area contributed by atoms with Gasteiger partial charge in [-0.2, -0.15) is 0 Å². The quantitative estimate of drug-likeness (QED) is 0.568. The van der Waals surface area contributed by atoms with Gasteiger partial charge in [-0.1, -0.05) is 25.4 Å². The lowest BCUT2D eigenvalue weighted by molar-refractivity contribution is -0.113. The summed E-state index contributed by atoms with van der Waals surface area (Å²) in [5.41, 5.74) is 1.17. The first-order chi connectivity index (χ1) is 13.4. The van der Waals surface area contributed by atoms with Crippen LogP contribution in [-0.2, 0) is 10.5 Å². The highest BCUT2D eigenvalue weighted by atomic mass is 35.5. The molecule has 0 fully saturated rings. The molecule has 0 atom stereocenters. The first kappa shape index (κ1) is 20.7. The number of halogens is 1. The fourth-order valence-electron chi connectivity index (χ4n) is 2.36. The second kappa shape index (κ2) is 9.45. The predicted octanol–water partition coefficient (Wildman–Crippen LogP) is 4.32. The summed E-state index contributed by atoms with van der Waals surface area (Å²) in [6.45, 7) is 4.70. The van der Waals surface area contributed by atoms with Crippen molar-refractivity contribution in [3.8, 4) is 5.75 Å². The molecular formula is C19H20ClN3O3S2. The molecule has 1 N–H and O–H groups in total. The summed E-state index contributed by atoms with van der Waals surface area (Å²) in [5, 5.41) is 5.09. The van der Waals surface area contributed by atoms with Gasteiger partial charge in [0.05, 0.1) is 23.1 Å². The van der Waals surface area contributed by atoms with E-state index >= 15 is 0 Å². The third-order valence-electron chi connectivity index (χ3n) is 3.63. The zero-order valence-electron chi connectivity index (χ0n) is 15.5. The number of ether oxygens (including phenoxy) is 1. The molecule has 0 aliphatic carbocycles. The van der Waals surface area contributed by atoms with Gasteiger partial charge in [0.1, 0.15) is 5.75 Å². The van der Waals surface area contributed by atoms with Crippen LogP contribution in [-0.4, -0.2) is 27.7 Å². The van der Waals surface area contributed by atoms with Crippen LogP contribution < -0.4 is 15.6 Å². The van der Waals surface area contributed by atoms with Crippen LogP contribution in [0.15, 0.2) is 40.6 Å². The summed E-state index contributed by atoms with van der Waals surface area (Å²) in [7, 11) is 0. The number of hydrogen-bond acceptors (Lipinski definition) is 6. The number of thioether (sulfide) groups is 1. The average molecular weight is 438 g/mol. The van der Waals surface area contributed by atoms with Crippen LogP contribution in [0.2, 0.25) is 5.02 Å². The van der Waals surface area contributed by atoms with Crippen LogP contribution in [0, 0.1) is 5.92 Å². The Balaban J connectivity index is 1.51. The standard InChI is InChI=1S/C19H20ClN3O3S2/c1-12(2)9-26-16-4-3-13(7-15(16)20)21-17(24)11-27-10-14-8-18(25)23-5-6-28-19(23)22-14/h3-8,12H,9-11H2,1-2H3,(H,21,24). The highest BCUT2D eigenvalue weighted by Crippen LogP contribution is 2.28. The fraction of sp³-hybridized carbons (Fsp3) is 0.316. The topological polar surface area (TPSA) is 72.7 Å². The van der Waals surface area contributed by atoms with Gasteiger partial charge in [-0.05, 0) is 24.1 Å². The summed E-state index contributed by atoms with van der Waals surface area (Å²) >= 11 is 9.02. The minimum Gasteiger partial charge on any atom is -0.492 e. The van der Waals surface area contributed by atoms with E-state index in [0.717, 1.165) is 0 Å². The molecule has 0 aliphatic rings. The van der Waals surface area contributed by atoms with Crippen molar-refractivity contribution < 1.29 is 9.53 Å². The molecule has 0 aliphatic heterocycles. The van der Waals surface area contributed by atoms with Crippen molar-refractivity contribution in [2.75, 3.05) is 17.7 Å². The Kier molecular flexibility index (Phi) is 6.98. The number of thiazole rings is 1. The number of aromatic nitrogens is 2. The fourth-order valence-corrected chi connectivity index (χ4v) is 4.05. The SMILES string of the molecule is CC(C)COc1ccc(NC(=O)CSCc2cc(=O)n3ccsc3n2)cc1Cl. The lowest BCUT2D eigenvalue weighted by atomic mass is 10.2. The van der Waals surface area contributed by atoms with Crippen molar-refractivity contribution in [3.05, 3.63) is 56.9 Å². The molecule has 6 nitrogen and oxygen atoms in total. The number of nitrogens with one attached hydrogen (secondary N) is 1. The normalized spacial score (nSPS) is 11.1. The van der Waals surface area contributed by atoms with Crippen molar-refractivity contribution in [3.63, 3.8) is 0 Å². The molecule has 148 valence electrons. The number of anilines is 1. The number of carbonyl (C=O) groups is 1. The van der Waals surface area contributed by atoms with E-state index in [-0.39, 0.29) is 17.2 Å². The maximum Gasteiger partial charge on any atom is 0.258 e. The van der Waals surface area contributed by atoms with Crippen molar-refractivity contribution >= 4 is 51.3 Å². The molecule has 1 aromatic carbocycles. The van der Waals surface area contributed by atoms with Gasteiger partial charge in [-0.15, -0.1) is 23.1 Å². The van der Waals surface area contributed by atoms with E-state index in [1.54, 1.807) is 24.4 Å². The zero-order valence-corrected chi connectivity index (χ0v) is 17.9. The van der Waals surface area contributed by atoms with Gasteiger partial charge in [-0.3, -0.25) is 14.0 Å². The Labute approximate surface area is 175 Å². The molecule has 2 heterocycles. The van der Waals surface area contributed by atoms with E-state index in [9.17, 15) is 9.59 Å². The molecule has 9 heteroatoms. The van der Waals surface area contributed by atoms with Gasteiger partial charge in [0.15, 0.2) is 4.96 Å². The van der Waals surface area contributed by atoms with Crippen molar-refractivity contribution in [1.29, 1.82) is 0 Å². The molecule has 0 bridgehead atoms. The molecule has 0 spiro atoms. The lowest BCUT2D eigenvalue weighted by Gasteiger charge is -2.12. The smallest absolute Gasteiger partial charge is 0.258 e. The van der Waals surface area contributed by atoms with Gasteiger partial charge in [0, 0.05) is 29.1 Å². The number of amides is 1. The number of benzene rings is 1. The lowest BCUT2D eigenvalue weighted by Crippen LogP contribution is -2.15. The molecule has 28 heavy (non-hydrogen) atoms. The molecule has 0 radical (unpaired) electrons. The van der Waals surface area contributed by atoms with E-state index in [2.05, 4.69) is 24.1 Å². The second-order valence-electron chi connectivity index (χ2n) is 6.53. The van der Waals surface area contributed by atoms with Crippen molar-refractivity contribution in [1.82, 2.24) is 9.38 Å². The Hall–Kier alpha value is -2.03. The molecule has 2 aromatic heterocycles. The van der Waals surface area contributed by atoms with E-state index in [4.69, 9.17) is 16.3 Å². The first-order valence-electron chi connectivity index (χ1n) is 8.68. The number of fused-ring (bicyclic) bond motifs is 1. The Morgan fingerprint density at radius 2 is 2.21 bits per heavy atom. The minimum absolute atomic E-state index is 0.110. The highest BCUT2D eigenvalue weighted by molar-refractivity contribution is 7.99. The van der Waals surface area contributed by atoms with Crippen LogP contribution in [0.5, 0.6) is 5.75 Å². The van der Waals surface area contributed by atoms with Gasteiger partial charge in [-0.25, -0.2) is 4.98 Å². The summed E-state index contributed by atoms with van der Waals surface area (Å²) in [5.74, 6) is 1.59. The van der Waals surface area contributed by atoms with Crippen LogP contribution in [0.4, 0.5) is 5.69 Å². The zero-order chi connectivity index (χ0) is 20.1. The third kappa shape index (κ3) is 5.50. The average Bonchev–Trinajstić information content (AvgIpc) is 3.10.